The van der Waals surface area contributed by atoms with Crippen molar-refractivity contribution in [3.05, 3.63) is 65.7 Å². The van der Waals surface area contributed by atoms with E-state index in [1.54, 1.807) is 30.7 Å². The van der Waals surface area contributed by atoms with Gasteiger partial charge in [0.1, 0.15) is 11.3 Å². The van der Waals surface area contributed by atoms with E-state index in [0.29, 0.717) is 22.8 Å². The topological polar surface area (TPSA) is 55.6 Å². The number of fused-ring (bicyclic) bond motifs is 1. The van der Waals surface area contributed by atoms with Crippen LogP contribution in [0.2, 0.25) is 0 Å². The predicted octanol–water partition coefficient (Wildman–Crippen LogP) is 7.66. The predicted molar refractivity (Wildman–Crippen MR) is 131 cm³/mol. The van der Waals surface area contributed by atoms with Gasteiger partial charge in [-0.1, -0.05) is 41.5 Å². The molecule has 5 heteroatoms. The number of rotatable bonds is 5. The number of allylic oxidation sites excluding steroid dienone is 1. The maximum Gasteiger partial charge on any atom is 0.230 e. The van der Waals surface area contributed by atoms with Crippen LogP contribution in [0.15, 0.2) is 59.0 Å². The molecule has 0 bridgehead atoms. The summed E-state index contributed by atoms with van der Waals surface area (Å²) in [7, 11) is 3.79. The van der Waals surface area contributed by atoms with E-state index in [-0.39, 0.29) is 5.78 Å². The molecule has 0 aliphatic rings. The fraction of sp³-hybridized carbons (Fsp3) is 0.385. The fourth-order valence-electron chi connectivity index (χ4n) is 2.67. The second-order valence-electron chi connectivity index (χ2n) is 6.13. The molecule has 0 unspecified atom stereocenters. The Balaban J connectivity index is 0.00000138. The Bertz CT molecular complexity index is 956. The smallest absolute Gasteiger partial charge is 0.230 e. The van der Waals surface area contributed by atoms with Gasteiger partial charge in [0.2, 0.25) is 5.88 Å². The Kier molecular flexibility index (Phi) is 13.4. The Morgan fingerprint density at radius 3 is 2.26 bits per heavy atom. The van der Waals surface area contributed by atoms with Crippen molar-refractivity contribution in [2.45, 2.75) is 55.4 Å². The molecular formula is C26H38N2O3. The van der Waals surface area contributed by atoms with Crippen molar-refractivity contribution in [1.29, 1.82) is 0 Å². The molecular weight excluding hydrogens is 388 g/mol. The SMILES string of the molecule is C/C(=C\N(C)C)C(=O)c1ccc(Oc2nccc3occc23)cc1C.CC.CC.CC. The zero-order chi connectivity index (χ0) is 24.0. The van der Waals surface area contributed by atoms with Crippen molar-refractivity contribution in [3.63, 3.8) is 0 Å². The van der Waals surface area contributed by atoms with Gasteiger partial charge in [0, 0.05) is 37.6 Å². The molecule has 0 aliphatic heterocycles. The molecule has 2 heterocycles. The first kappa shape index (κ1) is 27.9. The van der Waals surface area contributed by atoms with Crippen molar-refractivity contribution in [2.75, 3.05) is 14.1 Å². The highest BCUT2D eigenvalue weighted by Gasteiger charge is 2.13. The van der Waals surface area contributed by atoms with E-state index in [1.807, 2.05) is 92.7 Å². The summed E-state index contributed by atoms with van der Waals surface area (Å²) in [6.45, 7) is 15.7. The molecule has 0 saturated heterocycles. The van der Waals surface area contributed by atoms with Gasteiger partial charge in [-0.05, 0) is 49.7 Å². The largest absolute Gasteiger partial charge is 0.464 e. The first-order valence-corrected chi connectivity index (χ1v) is 11.0. The molecule has 1 aromatic carbocycles. The Morgan fingerprint density at radius 2 is 1.68 bits per heavy atom. The third kappa shape index (κ3) is 7.93. The molecule has 0 N–H and O–H groups in total. The highest BCUT2D eigenvalue weighted by Crippen LogP contribution is 2.29. The van der Waals surface area contributed by atoms with Gasteiger partial charge in [0.05, 0.1) is 11.6 Å². The van der Waals surface area contributed by atoms with E-state index in [0.717, 1.165) is 16.5 Å². The van der Waals surface area contributed by atoms with Crippen LogP contribution < -0.4 is 4.74 Å². The minimum absolute atomic E-state index is 0.00723. The lowest BCUT2D eigenvalue weighted by molar-refractivity contribution is 0.103. The van der Waals surface area contributed by atoms with Crippen LogP contribution in [-0.2, 0) is 0 Å². The molecule has 0 saturated carbocycles. The first-order valence-electron chi connectivity index (χ1n) is 11.0. The molecule has 0 radical (unpaired) electrons. The summed E-state index contributed by atoms with van der Waals surface area (Å²) in [6.07, 6.45) is 5.06. The van der Waals surface area contributed by atoms with Crippen LogP contribution in [0.25, 0.3) is 11.0 Å². The number of furan rings is 1. The van der Waals surface area contributed by atoms with Crippen molar-refractivity contribution in [2.24, 2.45) is 0 Å². The average molecular weight is 427 g/mol. The number of nitrogens with zero attached hydrogens (tertiary/aromatic N) is 2. The van der Waals surface area contributed by atoms with E-state index >= 15 is 0 Å². The third-order valence-corrected chi connectivity index (χ3v) is 3.81. The Labute approximate surface area is 187 Å². The normalized spacial score (nSPS) is 9.94. The van der Waals surface area contributed by atoms with Gasteiger partial charge >= 0.3 is 0 Å². The van der Waals surface area contributed by atoms with Crippen LogP contribution >= 0.6 is 0 Å². The molecule has 0 amide bonds. The average Bonchev–Trinajstić information content (AvgIpc) is 3.27. The van der Waals surface area contributed by atoms with E-state index in [1.165, 1.54) is 0 Å². The monoisotopic (exact) mass is 426 g/mol. The molecule has 3 rings (SSSR count). The first-order chi connectivity index (χ1) is 15.0. The molecule has 2 aromatic heterocycles. The zero-order valence-corrected chi connectivity index (χ0v) is 20.7. The van der Waals surface area contributed by atoms with Crippen LogP contribution in [0, 0.1) is 6.92 Å². The maximum atomic E-state index is 12.6. The number of Topliss-reactive ketones (excluding diaryl/α,β-unsaturated/α-hetero) is 1. The van der Waals surface area contributed by atoms with E-state index in [9.17, 15) is 4.79 Å². The molecule has 0 fully saturated rings. The highest BCUT2D eigenvalue weighted by molar-refractivity contribution is 6.09. The number of hydrogen-bond donors (Lipinski definition) is 0. The zero-order valence-electron chi connectivity index (χ0n) is 20.7. The molecule has 31 heavy (non-hydrogen) atoms. The van der Waals surface area contributed by atoms with Gasteiger partial charge in [-0.3, -0.25) is 4.79 Å². The second-order valence-corrected chi connectivity index (χ2v) is 6.13. The van der Waals surface area contributed by atoms with Crippen LogP contribution in [0.4, 0.5) is 0 Å². The van der Waals surface area contributed by atoms with Crippen molar-refractivity contribution >= 4 is 16.8 Å². The van der Waals surface area contributed by atoms with Crippen molar-refractivity contribution in [1.82, 2.24) is 9.88 Å². The van der Waals surface area contributed by atoms with Gasteiger partial charge in [-0.2, -0.15) is 0 Å². The fourth-order valence-corrected chi connectivity index (χ4v) is 2.67. The maximum absolute atomic E-state index is 12.6. The van der Waals surface area contributed by atoms with Gasteiger partial charge in [0.25, 0.3) is 0 Å². The van der Waals surface area contributed by atoms with Crippen LogP contribution in [-0.4, -0.2) is 29.8 Å². The number of carbonyl (C=O) groups excluding carboxylic acids is 1. The summed E-state index contributed by atoms with van der Waals surface area (Å²) in [5, 5.41) is 0.810. The van der Waals surface area contributed by atoms with E-state index < -0.39 is 0 Å². The van der Waals surface area contributed by atoms with E-state index in [2.05, 4.69) is 4.98 Å². The molecule has 3 aromatic rings. The highest BCUT2D eigenvalue weighted by atomic mass is 16.5. The number of ketones is 1. The standard InChI is InChI=1S/C20H20N2O3.3C2H6/c1-13-11-15(5-6-16(13)19(23)14(2)12-22(3)4)25-20-17-8-10-24-18(17)7-9-21-20;3*1-2/h5-12H,1-4H3;3*1-2H3/b14-12+;;;. The van der Waals surface area contributed by atoms with Gasteiger partial charge in [-0.15, -0.1) is 0 Å². The van der Waals surface area contributed by atoms with Crippen LogP contribution in [0.1, 0.15) is 64.4 Å². The number of pyridine rings is 1. The Hall–Kier alpha value is -3.08. The van der Waals surface area contributed by atoms with Crippen LogP contribution in [0.5, 0.6) is 11.6 Å². The number of aryl methyl sites for hydroxylation is 1. The van der Waals surface area contributed by atoms with Gasteiger partial charge < -0.3 is 14.1 Å². The lowest BCUT2D eigenvalue weighted by Crippen LogP contribution is -2.09. The second kappa shape index (κ2) is 14.8. The Morgan fingerprint density at radius 1 is 1.03 bits per heavy atom. The van der Waals surface area contributed by atoms with E-state index in [4.69, 9.17) is 9.15 Å². The summed E-state index contributed by atoms with van der Waals surface area (Å²) in [5.41, 5.74) is 2.93. The molecule has 0 spiro atoms. The van der Waals surface area contributed by atoms with Crippen LogP contribution in [0.3, 0.4) is 0 Å². The summed E-state index contributed by atoms with van der Waals surface area (Å²) in [5.74, 6) is 1.12. The van der Waals surface area contributed by atoms with Crippen molar-refractivity contribution < 1.29 is 13.9 Å². The number of ether oxygens (including phenoxy) is 1. The third-order valence-electron chi connectivity index (χ3n) is 3.81. The molecule has 0 atom stereocenters. The minimum Gasteiger partial charge on any atom is -0.464 e. The summed E-state index contributed by atoms with van der Waals surface area (Å²) >= 11 is 0. The lowest BCUT2D eigenvalue weighted by atomic mass is 10.00. The molecule has 5 nitrogen and oxygen atoms in total. The van der Waals surface area contributed by atoms with Gasteiger partial charge in [-0.25, -0.2) is 4.98 Å². The molecule has 0 aliphatic carbocycles. The molecule has 170 valence electrons. The number of benzene rings is 1. The number of hydrogen-bond acceptors (Lipinski definition) is 5. The lowest BCUT2D eigenvalue weighted by Gasteiger charge is -2.11. The number of aromatic nitrogens is 1. The summed E-state index contributed by atoms with van der Waals surface area (Å²) in [6, 6.07) is 9.02. The van der Waals surface area contributed by atoms with Crippen molar-refractivity contribution in [3.8, 4) is 11.6 Å². The summed E-state index contributed by atoms with van der Waals surface area (Å²) in [4.78, 5) is 18.7. The quantitative estimate of drug-likeness (QED) is 0.310. The number of carbonyl (C=O) groups is 1. The minimum atomic E-state index is 0.00723. The summed E-state index contributed by atoms with van der Waals surface area (Å²) < 4.78 is 11.2. The van der Waals surface area contributed by atoms with Gasteiger partial charge in [0.15, 0.2) is 5.78 Å².